The predicted octanol–water partition coefficient (Wildman–Crippen LogP) is 2.01. The van der Waals surface area contributed by atoms with E-state index in [-0.39, 0.29) is 29.5 Å². The van der Waals surface area contributed by atoms with Gasteiger partial charge in [-0.1, -0.05) is 16.9 Å². The molecule has 26 heavy (non-hydrogen) atoms. The van der Waals surface area contributed by atoms with Crippen molar-refractivity contribution in [3.8, 4) is 0 Å². The number of fused-ring (bicyclic) bond motifs is 2. The quantitative estimate of drug-likeness (QED) is 0.699. The van der Waals surface area contributed by atoms with Gasteiger partial charge in [0, 0.05) is 18.2 Å². The third kappa shape index (κ3) is 2.79. The Hall–Kier alpha value is -2.62. The summed E-state index contributed by atoms with van der Waals surface area (Å²) in [6.07, 6.45) is 3.10. The van der Waals surface area contributed by atoms with Crippen LogP contribution in [0.15, 0.2) is 33.0 Å². The smallest absolute Gasteiger partial charge is 0.265 e. The standard InChI is InChI=1S/C16H18N6O3S/c1-16(2,3)22-13-10(7-17-22)14(24)21-9(8-26-15(21)19-13)6-12(23)18-11-4-5-25-20-11/h4-5,7,9H,6,8H2,1-3H3,(H,18,20,23). The first-order chi connectivity index (χ1) is 12.3. The summed E-state index contributed by atoms with van der Waals surface area (Å²) in [7, 11) is 0. The Morgan fingerprint density at radius 1 is 1.46 bits per heavy atom. The highest BCUT2D eigenvalue weighted by Gasteiger charge is 2.30. The molecule has 4 rings (SSSR count). The fourth-order valence-electron chi connectivity index (χ4n) is 2.96. The Labute approximate surface area is 152 Å². The van der Waals surface area contributed by atoms with Gasteiger partial charge < -0.3 is 9.84 Å². The molecular weight excluding hydrogens is 356 g/mol. The van der Waals surface area contributed by atoms with Crippen LogP contribution in [0.2, 0.25) is 0 Å². The molecule has 3 aromatic heterocycles. The van der Waals surface area contributed by atoms with Crippen LogP contribution < -0.4 is 10.9 Å². The lowest BCUT2D eigenvalue weighted by atomic mass is 10.1. The van der Waals surface area contributed by atoms with Gasteiger partial charge in [0.1, 0.15) is 11.6 Å². The van der Waals surface area contributed by atoms with Gasteiger partial charge in [-0.2, -0.15) is 5.10 Å². The molecule has 136 valence electrons. The lowest BCUT2D eigenvalue weighted by molar-refractivity contribution is -0.116. The Morgan fingerprint density at radius 3 is 2.96 bits per heavy atom. The monoisotopic (exact) mass is 374 g/mol. The highest BCUT2D eigenvalue weighted by Crippen LogP contribution is 2.33. The van der Waals surface area contributed by atoms with Gasteiger partial charge in [0.15, 0.2) is 16.6 Å². The summed E-state index contributed by atoms with van der Waals surface area (Å²) < 4.78 is 8.06. The van der Waals surface area contributed by atoms with Crippen LogP contribution in [0.25, 0.3) is 11.0 Å². The van der Waals surface area contributed by atoms with Crippen LogP contribution in [0.5, 0.6) is 0 Å². The Morgan fingerprint density at radius 2 is 2.27 bits per heavy atom. The van der Waals surface area contributed by atoms with E-state index in [1.54, 1.807) is 21.5 Å². The summed E-state index contributed by atoms with van der Waals surface area (Å²) in [5.41, 5.74) is 0.138. The minimum absolute atomic E-state index is 0.160. The minimum atomic E-state index is -0.278. The van der Waals surface area contributed by atoms with E-state index in [1.807, 2.05) is 20.8 Å². The average Bonchev–Trinajstić information content (AvgIpc) is 3.26. The van der Waals surface area contributed by atoms with Gasteiger partial charge in [-0.25, -0.2) is 9.67 Å². The van der Waals surface area contributed by atoms with E-state index in [2.05, 4.69) is 20.6 Å². The van der Waals surface area contributed by atoms with Crippen molar-refractivity contribution in [2.75, 3.05) is 11.1 Å². The van der Waals surface area contributed by atoms with Gasteiger partial charge in [0.05, 0.1) is 17.8 Å². The first-order valence-electron chi connectivity index (χ1n) is 8.18. The number of nitrogens with one attached hydrogen (secondary N) is 1. The average molecular weight is 374 g/mol. The SMILES string of the molecule is CC(C)(C)n1ncc2c(=O)n3c(nc21)SCC3CC(=O)Nc1ccon1. The number of aromatic nitrogens is 5. The van der Waals surface area contributed by atoms with Crippen LogP contribution in [0.3, 0.4) is 0 Å². The number of hydrogen-bond acceptors (Lipinski definition) is 7. The predicted molar refractivity (Wildman–Crippen MR) is 96.3 cm³/mol. The molecule has 1 aliphatic heterocycles. The molecule has 1 aliphatic rings. The summed E-state index contributed by atoms with van der Waals surface area (Å²) in [6.45, 7) is 6.03. The molecule has 0 bridgehead atoms. The number of thioether (sulfide) groups is 1. The first-order valence-corrected chi connectivity index (χ1v) is 9.17. The van der Waals surface area contributed by atoms with Crippen molar-refractivity contribution in [3.63, 3.8) is 0 Å². The summed E-state index contributed by atoms with van der Waals surface area (Å²) >= 11 is 1.47. The van der Waals surface area contributed by atoms with Crippen LogP contribution >= 0.6 is 11.8 Å². The van der Waals surface area contributed by atoms with E-state index in [0.717, 1.165) is 0 Å². The zero-order valence-electron chi connectivity index (χ0n) is 14.6. The maximum absolute atomic E-state index is 13.0. The molecule has 4 heterocycles. The van der Waals surface area contributed by atoms with Crippen molar-refractivity contribution in [2.45, 2.75) is 43.9 Å². The molecule has 0 saturated carbocycles. The van der Waals surface area contributed by atoms with Gasteiger partial charge in [0.2, 0.25) is 5.91 Å². The van der Waals surface area contributed by atoms with Gasteiger partial charge >= 0.3 is 0 Å². The Kier molecular flexibility index (Phi) is 3.87. The lowest BCUT2D eigenvalue weighted by Gasteiger charge is -2.20. The highest BCUT2D eigenvalue weighted by molar-refractivity contribution is 7.99. The molecule has 10 heteroatoms. The molecule has 1 N–H and O–H groups in total. The number of amides is 1. The zero-order chi connectivity index (χ0) is 18.5. The molecule has 1 atom stereocenters. The lowest BCUT2D eigenvalue weighted by Crippen LogP contribution is -2.29. The molecule has 0 fully saturated rings. The van der Waals surface area contributed by atoms with Gasteiger partial charge in [-0.05, 0) is 20.8 Å². The Bertz CT molecular complexity index is 1030. The molecule has 0 saturated heterocycles. The van der Waals surface area contributed by atoms with Crippen LogP contribution in [-0.4, -0.2) is 36.1 Å². The fourth-order valence-corrected chi connectivity index (χ4v) is 4.09. The van der Waals surface area contributed by atoms with Gasteiger partial charge in [-0.15, -0.1) is 0 Å². The number of anilines is 1. The van der Waals surface area contributed by atoms with Crippen molar-refractivity contribution in [1.29, 1.82) is 0 Å². The summed E-state index contributed by atoms with van der Waals surface area (Å²) in [6, 6.07) is 1.30. The van der Waals surface area contributed by atoms with Crippen molar-refractivity contribution in [3.05, 3.63) is 28.9 Å². The van der Waals surface area contributed by atoms with Crippen molar-refractivity contribution >= 4 is 34.5 Å². The fraction of sp³-hybridized carbons (Fsp3) is 0.438. The first kappa shape index (κ1) is 16.8. The molecule has 0 aliphatic carbocycles. The number of rotatable bonds is 3. The minimum Gasteiger partial charge on any atom is -0.363 e. The van der Waals surface area contributed by atoms with Gasteiger partial charge in [0.25, 0.3) is 5.56 Å². The van der Waals surface area contributed by atoms with E-state index in [4.69, 9.17) is 4.52 Å². The number of carbonyl (C=O) groups excluding carboxylic acids is 1. The summed E-state index contributed by atoms with van der Waals surface area (Å²) in [4.78, 5) is 29.8. The molecule has 3 aromatic rings. The maximum atomic E-state index is 13.0. The highest BCUT2D eigenvalue weighted by atomic mass is 32.2. The molecular formula is C16H18N6O3S. The third-order valence-corrected chi connectivity index (χ3v) is 5.23. The third-order valence-electron chi connectivity index (χ3n) is 4.13. The molecule has 1 unspecified atom stereocenters. The van der Waals surface area contributed by atoms with E-state index in [9.17, 15) is 9.59 Å². The largest absolute Gasteiger partial charge is 0.363 e. The van der Waals surface area contributed by atoms with Crippen LogP contribution in [0, 0.1) is 0 Å². The molecule has 0 aromatic carbocycles. The second kappa shape index (κ2) is 5.97. The topological polar surface area (TPSA) is 108 Å². The molecule has 1 amide bonds. The van der Waals surface area contributed by atoms with Crippen LogP contribution in [0.1, 0.15) is 33.2 Å². The van der Waals surface area contributed by atoms with E-state index in [1.165, 1.54) is 18.0 Å². The van der Waals surface area contributed by atoms with Crippen molar-refractivity contribution in [1.82, 2.24) is 24.5 Å². The van der Waals surface area contributed by atoms with Crippen molar-refractivity contribution < 1.29 is 9.32 Å². The normalized spacial score (nSPS) is 16.8. The number of carbonyl (C=O) groups is 1. The van der Waals surface area contributed by atoms with E-state index in [0.29, 0.717) is 27.8 Å². The summed E-state index contributed by atoms with van der Waals surface area (Å²) in [5, 5.41) is 11.7. The Balaban J connectivity index is 1.66. The second-order valence-electron chi connectivity index (χ2n) is 7.14. The zero-order valence-corrected chi connectivity index (χ0v) is 15.4. The second-order valence-corrected chi connectivity index (χ2v) is 8.12. The molecule has 0 radical (unpaired) electrons. The number of hydrogen-bond donors (Lipinski definition) is 1. The maximum Gasteiger partial charge on any atom is 0.265 e. The van der Waals surface area contributed by atoms with Crippen LogP contribution in [-0.2, 0) is 10.3 Å². The van der Waals surface area contributed by atoms with Crippen LogP contribution in [0.4, 0.5) is 5.82 Å². The van der Waals surface area contributed by atoms with Gasteiger partial charge in [-0.3, -0.25) is 14.2 Å². The summed E-state index contributed by atoms with van der Waals surface area (Å²) in [5.74, 6) is 0.743. The van der Waals surface area contributed by atoms with Crippen molar-refractivity contribution in [2.24, 2.45) is 0 Å². The molecule has 0 spiro atoms. The van der Waals surface area contributed by atoms with E-state index < -0.39 is 0 Å². The number of nitrogens with zero attached hydrogens (tertiary/aromatic N) is 5. The molecule has 9 nitrogen and oxygen atoms in total. The van der Waals surface area contributed by atoms with E-state index >= 15 is 0 Å².